The molecule has 2 aliphatic heterocycles. The fourth-order valence-electron chi connectivity index (χ4n) is 10.4. The Morgan fingerprint density at radius 3 is 2.50 bits per heavy atom. The van der Waals surface area contributed by atoms with Gasteiger partial charge in [0.15, 0.2) is 0 Å². The Morgan fingerprint density at radius 1 is 0.984 bits per heavy atom. The van der Waals surface area contributed by atoms with Gasteiger partial charge in [-0.1, -0.05) is 38.1 Å². The smallest absolute Gasteiger partial charge is 0.312 e. The minimum absolute atomic E-state index is 0.0742. The maximum atomic E-state index is 13.9. The van der Waals surface area contributed by atoms with Crippen molar-refractivity contribution in [2.24, 2.45) is 11.3 Å². The fourth-order valence-corrected chi connectivity index (χ4v) is 11.4. The topological polar surface area (TPSA) is 176 Å². The van der Waals surface area contributed by atoms with Gasteiger partial charge in [-0.25, -0.2) is 31.9 Å². The molecule has 17 heteroatoms. The van der Waals surface area contributed by atoms with Gasteiger partial charge in [0.25, 0.3) is 15.9 Å². The molecule has 3 N–H and O–H groups in total. The number of benzene rings is 2. The Morgan fingerprint density at radius 2 is 1.75 bits per heavy atom. The number of amides is 1. The number of rotatable bonds is 13. The quantitative estimate of drug-likeness (QED) is 0.0758. The van der Waals surface area contributed by atoms with Crippen LogP contribution in [0.15, 0.2) is 84.1 Å². The van der Waals surface area contributed by atoms with Crippen LogP contribution < -0.4 is 19.7 Å². The number of piperidine rings is 1. The standard InChI is InChI=1S/C47H54F2N8O6S/c1-30(2)37-6-3-4-7-38(37)40-8-5-19-56(40)34-25-46(26-34)16-20-55(21-17-46)33-9-10-39(42(23-33)63-35-22-32-13-18-50-43(32)52-28-35)45(58)54-64(61,62)36-24-41(57(59)60)44(53-29-36)51-27-31-11-14-47(48,49)15-12-31/h3-4,6-7,9-10,13,18,22-24,28-31,34,40H,5,8,11-12,14-17,19-21,25-27H2,1-2H3,(H,50,52)(H,51,53)(H,54,58)/t40-/m1/s1. The van der Waals surface area contributed by atoms with E-state index in [9.17, 15) is 32.1 Å². The molecule has 1 spiro atoms. The van der Waals surface area contributed by atoms with Crippen LogP contribution >= 0.6 is 0 Å². The summed E-state index contributed by atoms with van der Waals surface area (Å²) in [6.07, 6.45) is 11.0. The second-order valence-electron chi connectivity index (χ2n) is 18.5. The van der Waals surface area contributed by atoms with Gasteiger partial charge in [-0.15, -0.1) is 0 Å². The summed E-state index contributed by atoms with van der Waals surface area (Å²) in [6, 6.07) is 19.4. The molecular weight excluding hydrogens is 843 g/mol. The number of carbonyl (C=O) groups excluding carboxylic acids is 1. The number of halogens is 2. The van der Waals surface area contributed by atoms with Gasteiger partial charge in [0.2, 0.25) is 11.7 Å². The number of alkyl halides is 2. The summed E-state index contributed by atoms with van der Waals surface area (Å²) in [4.78, 5) is 41.1. The first-order valence-electron chi connectivity index (χ1n) is 22.3. The Hall–Kier alpha value is -5.68. The summed E-state index contributed by atoms with van der Waals surface area (Å²) in [5.41, 5.74) is 3.98. The number of hydrogen-bond donors (Lipinski definition) is 3. The van der Waals surface area contributed by atoms with Gasteiger partial charge < -0.3 is 19.9 Å². The van der Waals surface area contributed by atoms with Crippen LogP contribution in [0.1, 0.15) is 112 Å². The number of likely N-dealkylation sites (tertiary alicyclic amines) is 1. The molecule has 2 aliphatic carbocycles. The molecule has 1 atom stereocenters. The van der Waals surface area contributed by atoms with Crippen molar-refractivity contribution >= 4 is 44.2 Å². The summed E-state index contributed by atoms with van der Waals surface area (Å²) < 4.78 is 63.0. The van der Waals surface area contributed by atoms with Crippen molar-refractivity contribution in [3.63, 3.8) is 0 Å². The van der Waals surface area contributed by atoms with Crippen molar-refractivity contribution in [1.82, 2.24) is 24.6 Å². The summed E-state index contributed by atoms with van der Waals surface area (Å²) in [5.74, 6) is -3.16. The molecule has 2 saturated carbocycles. The number of aromatic amines is 1. The van der Waals surface area contributed by atoms with Gasteiger partial charge in [-0.3, -0.25) is 19.8 Å². The first-order valence-corrected chi connectivity index (χ1v) is 23.8. The first-order chi connectivity index (χ1) is 30.7. The van der Waals surface area contributed by atoms with Crippen molar-refractivity contribution in [2.75, 3.05) is 36.4 Å². The van der Waals surface area contributed by atoms with Gasteiger partial charge >= 0.3 is 5.69 Å². The number of nitrogens with one attached hydrogen (secondary N) is 3. The number of anilines is 2. The highest BCUT2D eigenvalue weighted by atomic mass is 32.2. The van der Waals surface area contributed by atoms with Crippen molar-refractivity contribution < 1.29 is 31.7 Å². The Labute approximate surface area is 371 Å². The average Bonchev–Trinajstić information content (AvgIpc) is 3.95. The number of carbonyl (C=O) groups is 1. The third-order valence-electron chi connectivity index (χ3n) is 14.1. The number of fused-ring (bicyclic) bond motifs is 1. The lowest BCUT2D eigenvalue weighted by molar-refractivity contribution is -0.384. The zero-order valence-electron chi connectivity index (χ0n) is 36.1. The van der Waals surface area contributed by atoms with E-state index >= 15 is 0 Å². The number of nitrogens with zero attached hydrogens (tertiary/aromatic N) is 5. The van der Waals surface area contributed by atoms with E-state index in [-0.39, 0.29) is 60.7 Å². The molecule has 2 aromatic carbocycles. The zero-order valence-corrected chi connectivity index (χ0v) is 36.9. The predicted molar refractivity (Wildman–Crippen MR) is 240 cm³/mol. The molecule has 64 heavy (non-hydrogen) atoms. The highest BCUT2D eigenvalue weighted by Crippen LogP contribution is 2.54. The maximum Gasteiger partial charge on any atom is 0.312 e. The largest absolute Gasteiger partial charge is 0.455 e. The van der Waals surface area contributed by atoms with E-state index in [0.29, 0.717) is 29.4 Å². The maximum absolute atomic E-state index is 13.9. The van der Waals surface area contributed by atoms with Crippen LogP contribution in [-0.4, -0.2) is 77.2 Å². The molecule has 338 valence electrons. The lowest BCUT2D eigenvalue weighted by Gasteiger charge is -2.56. The average molecular weight is 897 g/mol. The molecule has 14 nitrogen and oxygen atoms in total. The van der Waals surface area contributed by atoms with Gasteiger partial charge in [-0.2, -0.15) is 0 Å². The van der Waals surface area contributed by atoms with E-state index in [1.807, 2.05) is 6.07 Å². The molecule has 5 aromatic rings. The minimum Gasteiger partial charge on any atom is -0.455 e. The molecule has 0 unspecified atom stereocenters. The van der Waals surface area contributed by atoms with Gasteiger partial charge in [0.1, 0.15) is 22.0 Å². The van der Waals surface area contributed by atoms with E-state index in [2.05, 4.69) is 72.9 Å². The van der Waals surface area contributed by atoms with Crippen LogP contribution in [-0.2, 0) is 10.0 Å². The molecule has 3 aromatic heterocycles. The summed E-state index contributed by atoms with van der Waals surface area (Å²) in [5, 5.41) is 15.7. The highest BCUT2D eigenvalue weighted by molar-refractivity contribution is 7.90. The van der Waals surface area contributed by atoms with E-state index in [1.54, 1.807) is 24.4 Å². The third-order valence-corrected chi connectivity index (χ3v) is 15.3. The molecule has 9 rings (SSSR count). The van der Waals surface area contributed by atoms with E-state index in [1.165, 1.54) is 49.1 Å². The predicted octanol–water partition coefficient (Wildman–Crippen LogP) is 9.72. The lowest BCUT2D eigenvalue weighted by Crippen LogP contribution is -2.54. The Bertz CT molecular complexity index is 2650. The number of hydrogen-bond acceptors (Lipinski definition) is 11. The van der Waals surface area contributed by atoms with E-state index < -0.39 is 37.4 Å². The number of sulfonamides is 1. The van der Waals surface area contributed by atoms with E-state index in [0.717, 1.165) is 55.8 Å². The normalized spacial score (nSPS) is 20.4. The van der Waals surface area contributed by atoms with Crippen LogP contribution in [0.2, 0.25) is 0 Å². The molecule has 4 fully saturated rings. The summed E-state index contributed by atoms with van der Waals surface area (Å²) in [6.45, 7) is 7.48. The number of H-pyrrole nitrogens is 1. The first kappa shape index (κ1) is 43.6. The minimum atomic E-state index is -4.68. The second kappa shape index (κ2) is 17.4. The molecular formula is C47H54F2N8O6S. The molecule has 0 radical (unpaired) electrons. The van der Waals surface area contributed by atoms with Crippen LogP contribution in [0.25, 0.3) is 11.0 Å². The van der Waals surface area contributed by atoms with Crippen molar-refractivity contribution in [1.29, 1.82) is 0 Å². The molecule has 5 heterocycles. The van der Waals surface area contributed by atoms with Crippen LogP contribution in [0.4, 0.5) is 26.0 Å². The Kier molecular flexibility index (Phi) is 11.8. The highest BCUT2D eigenvalue weighted by Gasteiger charge is 2.50. The van der Waals surface area contributed by atoms with E-state index in [4.69, 9.17) is 4.74 Å². The zero-order chi connectivity index (χ0) is 44.8. The van der Waals surface area contributed by atoms with Crippen LogP contribution in [0.5, 0.6) is 11.5 Å². The lowest BCUT2D eigenvalue weighted by atomic mass is 9.59. The van der Waals surface area contributed by atoms with Crippen LogP contribution in [0.3, 0.4) is 0 Å². The molecule has 4 aliphatic rings. The Balaban J connectivity index is 0.895. The van der Waals surface area contributed by atoms with Crippen molar-refractivity contribution in [3.05, 3.63) is 106 Å². The van der Waals surface area contributed by atoms with Gasteiger partial charge in [0.05, 0.1) is 22.9 Å². The van der Waals surface area contributed by atoms with Gasteiger partial charge in [0, 0.05) is 74.0 Å². The monoisotopic (exact) mass is 896 g/mol. The number of aromatic nitrogens is 3. The third kappa shape index (κ3) is 9.01. The SMILES string of the molecule is CC(C)c1ccccc1[C@H]1CCCN1C1CC2(CCN(c3ccc(C(=O)NS(=O)(=O)c4cnc(NCC5CCC(F)(F)CC5)c([N+](=O)[O-])c4)c(Oc4cnc5[nH]ccc5c4)c3)CC2)C1. The molecule has 2 saturated heterocycles. The summed E-state index contributed by atoms with van der Waals surface area (Å²) >= 11 is 0. The molecule has 0 bridgehead atoms. The fraction of sp³-hybridized carbons (Fsp3) is 0.468. The van der Waals surface area contributed by atoms with Crippen molar-refractivity contribution in [3.8, 4) is 11.5 Å². The molecule has 1 amide bonds. The number of pyridine rings is 2. The van der Waals surface area contributed by atoms with Crippen molar-refractivity contribution in [2.45, 2.75) is 107 Å². The van der Waals surface area contributed by atoms with Crippen LogP contribution in [0, 0.1) is 21.4 Å². The van der Waals surface area contributed by atoms with Gasteiger partial charge in [-0.05, 0) is 111 Å². The number of ether oxygens (including phenoxy) is 1. The second-order valence-corrected chi connectivity index (χ2v) is 20.2. The number of nitro groups is 1. The summed E-state index contributed by atoms with van der Waals surface area (Å²) in [7, 11) is -4.68.